The minimum atomic E-state index is 0.674. The molecule has 0 unspecified atom stereocenters. The van der Waals surface area contributed by atoms with E-state index in [0.717, 1.165) is 40.1 Å². The van der Waals surface area contributed by atoms with Gasteiger partial charge in [-0.1, -0.05) is 41.9 Å². The maximum Gasteiger partial charge on any atom is 0.223 e. The summed E-state index contributed by atoms with van der Waals surface area (Å²) in [5, 5.41) is 5.04. The average Bonchev–Trinajstić information content (AvgIpc) is 3.16. The van der Waals surface area contributed by atoms with Crippen molar-refractivity contribution in [3.63, 3.8) is 0 Å². The molecule has 2 heterocycles. The van der Waals surface area contributed by atoms with Crippen LogP contribution in [0, 0.1) is 0 Å². The molecule has 4 rings (SSSR count). The first-order valence-electron chi connectivity index (χ1n) is 8.78. The van der Waals surface area contributed by atoms with Crippen molar-refractivity contribution in [1.82, 2.24) is 14.9 Å². The van der Waals surface area contributed by atoms with E-state index in [-0.39, 0.29) is 0 Å². The van der Waals surface area contributed by atoms with Gasteiger partial charge in [0.25, 0.3) is 0 Å². The number of aromatic nitrogens is 2. The van der Waals surface area contributed by atoms with Gasteiger partial charge in [0.05, 0.1) is 5.52 Å². The van der Waals surface area contributed by atoms with E-state index in [4.69, 9.17) is 11.6 Å². The van der Waals surface area contributed by atoms with Crippen LogP contribution in [0.4, 0.5) is 5.95 Å². The molecule has 128 valence electrons. The van der Waals surface area contributed by atoms with E-state index in [2.05, 4.69) is 32.3 Å². The molecule has 2 aromatic carbocycles. The number of anilines is 1. The number of hydrogen-bond donors (Lipinski definition) is 1. The Kier molecular flexibility index (Phi) is 4.81. The molecule has 1 N–H and O–H groups in total. The quantitative estimate of drug-likeness (QED) is 0.736. The first kappa shape index (κ1) is 16.3. The molecule has 3 aromatic rings. The molecule has 0 bridgehead atoms. The Balaban J connectivity index is 1.58. The number of nitrogens with one attached hydrogen (secondary N) is 1. The second-order valence-corrected chi connectivity index (χ2v) is 6.80. The van der Waals surface area contributed by atoms with Crippen LogP contribution in [0.2, 0.25) is 5.02 Å². The van der Waals surface area contributed by atoms with Crippen molar-refractivity contribution >= 4 is 28.5 Å². The summed E-state index contributed by atoms with van der Waals surface area (Å²) in [4.78, 5) is 11.6. The van der Waals surface area contributed by atoms with Crippen molar-refractivity contribution in [1.29, 1.82) is 0 Å². The van der Waals surface area contributed by atoms with E-state index in [1.807, 2.05) is 36.5 Å². The molecule has 0 radical (unpaired) electrons. The van der Waals surface area contributed by atoms with Crippen molar-refractivity contribution in [3.8, 4) is 11.1 Å². The van der Waals surface area contributed by atoms with Gasteiger partial charge in [0.1, 0.15) is 0 Å². The number of fused-ring (bicyclic) bond motifs is 1. The minimum absolute atomic E-state index is 0.674. The van der Waals surface area contributed by atoms with Crippen LogP contribution in [0.1, 0.15) is 12.8 Å². The van der Waals surface area contributed by atoms with Gasteiger partial charge in [-0.3, -0.25) is 0 Å². The maximum atomic E-state index is 6.46. The molecule has 5 heteroatoms. The summed E-state index contributed by atoms with van der Waals surface area (Å²) < 4.78 is 0. The summed E-state index contributed by atoms with van der Waals surface area (Å²) in [6.45, 7) is 4.32. The van der Waals surface area contributed by atoms with Crippen molar-refractivity contribution in [2.75, 3.05) is 31.5 Å². The third-order valence-corrected chi connectivity index (χ3v) is 5.00. The fourth-order valence-corrected chi connectivity index (χ4v) is 3.67. The predicted molar refractivity (Wildman–Crippen MR) is 104 cm³/mol. The van der Waals surface area contributed by atoms with E-state index < -0.39 is 0 Å². The predicted octanol–water partition coefficient (Wildman–Crippen LogP) is 4.46. The smallest absolute Gasteiger partial charge is 0.223 e. The largest absolute Gasteiger partial charge is 0.353 e. The molecule has 0 spiro atoms. The third kappa shape index (κ3) is 3.60. The Morgan fingerprint density at radius 1 is 1.04 bits per heavy atom. The molecule has 1 aliphatic rings. The molecule has 0 amide bonds. The van der Waals surface area contributed by atoms with Crippen LogP contribution < -0.4 is 5.32 Å². The van der Waals surface area contributed by atoms with Gasteiger partial charge < -0.3 is 10.2 Å². The summed E-state index contributed by atoms with van der Waals surface area (Å²) >= 11 is 6.46. The summed E-state index contributed by atoms with van der Waals surface area (Å²) in [5.41, 5.74) is 2.97. The van der Waals surface area contributed by atoms with E-state index in [1.165, 1.54) is 25.9 Å². The summed E-state index contributed by atoms with van der Waals surface area (Å²) in [6.07, 6.45) is 4.50. The van der Waals surface area contributed by atoms with E-state index >= 15 is 0 Å². The van der Waals surface area contributed by atoms with Crippen molar-refractivity contribution in [2.24, 2.45) is 0 Å². The van der Waals surface area contributed by atoms with Gasteiger partial charge in [-0.15, -0.1) is 0 Å². The van der Waals surface area contributed by atoms with Crippen LogP contribution in [0.15, 0.2) is 48.7 Å². The van der Waals surface area contributed by atoms with Crippen LogP contribution >= 0.6 is 11.6 Å². The van der Waals surface area contributed by atoms with E-state index in [0.29, 0.717) is 5.95 Å². The van der Waals surface area contributed by atoms with Crippen LogP contribution in [0.5, 0.6) is 0 Å². The lowest BCUT2D eigenvalue weighted by Crippen LogP contribution is -2.26. The SMILES string of the molecule is Clc1ccc2nc(NCCN3CCCC3)ncc2c1-c1ccccc1. The van der Waals surface area contributed by atoms with Crippen molar-refractivity contribution < 1.29 is 0 Å². The number of hydrogen-bond acceptors (Lipinski definition) is 4. The number of halogens is 1. The number of nitrogens with zero attached hydrogens (tertiary/aromatic N) is 3. The van der Waals surface area contributed by atoms with E-state index in [9.17, 15) is 0 Å². The topological polar surface area (TPSA) is 41.1 Å². The highest BCUT2D eigenvalue weighted by molar-refractivity contribution is 6.35. The van der Waals surface area contributed by atoms with Gasteiger partial charge in [0.15, 0.2) is 0 Å². The molecule has 0 aliphatic carbocycles. The number of likely N-dealkylation sites (tertiary alicyclic amines) is 1. The Morgan fingerprint density at radius 3 is 2.64 bits per heavy atom. The highest BCUT2D eigenvalue weighted by atomic mass is 35.5. The Morgan fingerprint density at radius 2 is 1.84 bits per heavy atom. The molecule has 0 atom stereocenters. The van der Waals surface area contributed by atoms with Crippen LogP contribution in [0.25, 0.3) is 22.0 Å². The zero-order chi connectivity index (χ0) is 17.1. The fraction of sp³-hybridized carbons (Fsp3) is 0.300. The molecular weight excluding hydrogens is 332 g/mol. The lowest BCUT2D eigenvalue weighted by Gasteiger charge is -2.15. The first-order valence-corrected chi connectivity index (χ1v) is 9.16. The second-order valence-electron chi connectivity index (χ2n) is 6.39. The zero-order valence-corrected chi connectivity index (χ0v) is 14.8. The highest BCUT2D eigenvalue weighted by Gasteiger charge is 2.12. The number of benzene rings is 2. The summed E-state index contributed by atoms with van der Waals surface area (Å²) in [6, 6.07) is 14.0. The molecule has 4 nitrogen and oxygen atoms in total. The van der Waals surface area contributed by atoms with Crippen molar-refractivity contribution in [2.45, 2.75) is 12.8 Å². The molecule has 0 saturated carbocycles. The second kappa shape index (κ2) is 7.38. The zero-order valence-electron chi connectivity index (χ0n) is 14.1. The molecule has 1 aromatic heterocycles. The first-order chi connectivity index (χ1) is 12.3. The van der Waals surface area contributed by atoms with E-state index in [1.54, 1.807) is 0 Å². The average molecular weight is 353 g/mol. The summed E-state index contributed by atoms with van der Waals surface area (Å²) in [5.74, 6) is 0.674. The standard InChI is InChI=1S/C20H21ClN4/c21-17-8-9-18-16(19(17)15-6-2-1-3-7-15)14-23-20(24-18)22-10-13-25-11-4-5-12-25/h1-3,6-9,14H,4-5,10-13H2,(H,22,23,24). The monoisotopic (exact) mass is 352 g/mol. The highest BCUT2D eigenvalue weighted by Crippen LogP contribution is 2.34. The molecule has 1 aliphatic heterocycles. The third-order valence-electron chi connectivity index (χ3n) is 4.69. The molecular formula is C20H21ClN4. The lowest BCUT2D eigenvalue weighted by molar-refractivity contribution is 0.352. The maximum absolute atomic E-state index is 6.46. The Labute approximate surface area is 152 Å². The molecule has 1 fully saturated rings. The van der Waals surface area contributed by atoms with Crippen LogP contribution in [-0.4, -0.2) is 41.0 Å². The summed E-state index contributed by atoms with van der Waals surface area (Å²) in [7, 11) is 0. The van der Waals surface area contributed by atoms with Gasteiger partial charge in [-0.25, -0.2) is 9.97 Å². The van der Waals surface area contributed by atoms with Gasteiger partial charge in [-0.2, -0.15) is 0 Å². The molecule has 1 saturated heterocycles. The molecule has 25 heavy (non-hydrogen) atoms. The van der Waals surface area contributed by atoms with Gasteiger partial charge in [0, 0.05) is 35.3 Å². The van der Waals surface area contributed by atoms with Gasteiger partial charge >= 0.3 is 0 Å². The van der Waals surface area contributed by atoms with Crippen LogP contribution in [-0.2, 0) is 0 Å². The van der Waals surface area contributed by atoms with Crippen LogP contribution in [0.3, 0.4) is 0 Å². The fourth-order valence-electron chi connectivity index (χ4n) is 3.39. The van der Waals surface area contributed by atoms with Crippen molar-refractivity contribution in [3.05, 3.63) is 53.7 Å². The minimum Gasteiger partial charge on any atom is -0.353 e. The lowest BCUT2D eigenvalue weighted by atomic mass is 10.0. The normalized spacial score (nSPS) is 14.9. The van der Waals surface area contributed by atoms with Gasteiger partial charge in [0.2, 0.25) is 5.95 Å². The Hall–Kier alpha value is -2.17. The Bertz CT molecular complexity index is 860. The number of rotatable bonds is 5. The van der Waals surface area contributed by atoms with Gasteiger partial charge in [-0.05, 0) is 43.6 Å².